The fraction of sp³-hybridized carbons (Fsp3) is 0.636. The Kier molecular flexibility index (Phi) is 6.86. The molecule has 1 saturated carbocycles. The largest absolute Gasteiger partial charge is 0.482 e. The zero-order valence-corrected chi connectivity index (χ0v) is 26.3. The van der Waals surface area contributed by atoms with Crippen molar-refractivity contribution in [2.24, 2.45) is 11.3 Å². The third kappa shape index (κ3) is 5.49. The van der Waals surface area contributed by atoms with Crippen molar-refractivity contribution in [2.45, 2.75) is 77.5 Å². The number of carbonyl (C=O) groups excluding carboxylic acids is 3. The Hall–Kier alpha value is -3.76. The van der Waals surface area contributed by atoms with E-state index in [2.05, 4.69) is 0 Å². The van der Waals surface area contributed by atoms with Crippen LogP contribution in [0.2, 0.25) is 0 Å². The Morgan fingerprint density at radius 2 is 1.68 bits per heavy atom. The molecule has 2 spiro atoms. The molecule has 2 aromatic rings. The van der Waals surface area contributed by atoms with Crippen LogP contribution in [-0.4, -0.2) is 94.1 Å². The van der Waals surface area contributed by atoms with Gasteiger partial charge in [0.25, 0.3) is 0 Å². The van der Waals surface area contributed by atoms with Crippen LogP contribution in [0.1, 0.15) is 64.0 Å². The summed E-state index contributed by atoms with van der Waals surface area (Å²) in [7, 11) is 0. The van der Waals surface area contributed by atoms with Crippen LogP contribution < -0.4 is 4.74 Å². The van der Waals surface area contributed by atoms with Crippen LogP contribution in [0, 0.1) is 18.3 Å². The molecule has 4 aliphatic heterocycles. The van der Waals surface area contributed by atoms with E-state index in [1.807, 2.05) is 57.0 Å². The van der Waals surface area contributed by atoms with Crippen molar-refractivity contribution in [3.63, 3.8) is 0 Å². The van der Waals surface area contributed by atoms with Crippen LogP contribution in [0.5, 0.6) is 5.75 Å². The van der Waals surface area contributed by atoms with Gasteiger partial charge in [-0.25, -0.2) is 9.59 Å². The Labute approximate surface area is 258 Å². The number of benzene rings is 1. The molecule has 7 rings (SSSR count). The third-order valence-electron chi connectivity index (χ3n) is 9.71. The average Bonchev–Trinajstić information content (AvgIpc) is 3.49. The first-order valence-electron chi connectivity index (χ1n) is 16.0. The molecule has 3 amide bonds. The summed E-state index contributed by atoms with van der Waals surface area (Å²) in [4.78, 5) is 44.1. The van der Waals surface area contributed by atoms with Gasteiger partial charge >= 0.3 is 12.2 Å². The quantitative estimate of drug-likeness (QED) is 0.503. The molecule has 1 aliphatic carbocycles. The van der Waals surface area contributed by atoms with Gasteiger partial charge in [0.1, 0.15) is 29.2 Å². The molecule has 5 aliphatic rings. The van der Waals surface area contributed by atoms with Gasteiger partial charge in [0, 0.05) is 74.8 Å². The highest BCUT2D eigenvalue weighted by atomic mass is 16.6. The average molecular weight is 606 g/mol. The van der Waals surface area contributed by atoms with E-state index >= 15 is 0 Å². The van der Waals surface area contributed by atoms with Gasteiger partial charge in [-0.1, -0.05) is 6.07 Å². The number of hydrogen-bond acceptors (Lipinski definition) is 7. The van der Waals surface area contributed by atoms with Crippen molar-refractivity contribution >= 4 is 18.1 Å². The Bertz CT molecular complexity index is 1480. The molecule has 11 heteroatoms. The Balaban J connectivity index is 1.03. The number of aromatic nitrogens is 2. The molecule has 1 aromatic heterocycles. The first kappa shape index (κ1) is 29.0. The van der Waals surface area contributed by atoms with E-state index in [9.17, 15) is 14.4 Å². The van der Waals surface area contributed by atoms with E-state index < -0.39 is 11.2 Å². The van der Waals surface area contributed by atoms with E-state index in [1.165, 1.54) is 0 Å². The smallest absolute Gasteiger partial charge is 0.410 e. The first-order chi connectivity index (χ1) is 20.9. The summed E-state index contributed by atoms with van der Waals surface area (Å²) in [5.74, 6) is 1.33. The number of aryl methyl sites for hydroxylation is 1. The first-order valence-corrected chi connectivity index (χ1v) is 16.0. The molecule has 44 heavy (non-hydrogen) atoms. The summed E-state index contributed by atoms with van der Waals surface area (Å²) in [5, 5.41) is 4.93. The van der Waals surface area contributed by atoms with Crippen LogP contribution in [-0.2, 0) is 26.4 Å². The summed E-state index contributed by atoms with van der Waals surface area (Å²) in [6, 6.07) is 6.13. The lowest BCUT2D eigenvalue weighted by molar-refractivity contribution is -0.143. The second-order valence-electron chi connectivity index (χ2n) is 14.6. The minimum atomic E-state index is -0.625. The predicted molar refractivity (Wildman–Crippen MR) is 161 cm³/mol. The van der Waals surface area contributed by atoms with Crippen LogP contribution in [0.25, 0.3) is 11.3 Å². The predicted octanol–water partition coefficient (Wildman–Crippen LogP) is 4.56. The van der Waals surface area contributed by atoms with E-state index in [1.54, 1.807) is 14.5 Å². The molecule has 4 fully saturated rings. The Morgan fingerprint density at radius 3 is 2.39 bits per heavy atom. The summed E-state index contributed by atoms with van der Waals surface area (Å²) in [6.07, 6.45) is 5.83. The summed E-state index contributed by atoms with van der Waals surface area (Å²) >= 11 is 0. The monoisotopic (exact) mass is 605 g/mol. The highest BCUT2D eigenvalue weighted by Crippen LogP contribution is 2.49. The number of rotatable bonds is 4. The maximum absolute atomic E-state index is 13.4. The van der Waals surface area contributed by atoms with Crippen molar-refractivity contribution in [1.29, 1.82) is 0 Å². The second kappa shape index (κ2) is 10.4. The second-order valence-corrected chi connectivity index (χ2v) is 14.6. The molecule has 236 valence electrons. The van der Waals surface area contributed by atoms with Gasteiger partial charge in [0.15, 0.2) is 0 Å². The zero-order valence-electron chi connectivity index (χ0n) is 26.3. The maximum atomic E-state index is 13.4. The van der Waals surface area contributed by atoms with Crippen molar-refractivity contribution in [1.82, 2.24) is 24.5 Å². The topological polar surface area (TPSA) is 106 Å². The number of carbonyl (C=O) groups is 3. The molecule has 0 radical (unpaired) electrons. The highest BCUT2D eigenvalue weighted by molar-refractivity contribution is 5.78. The van der Waals surface area contributed by atoms with Crippen molar-refractivity contribution in [3.05, 3.63) is 35.5 Å². The molecule has 1 aromatic carbocycles. The zero-order chi connectivity index (χ0) is 30.9. The number of fused-ring (bicyclic) bond motifs is 4. The molecular weight excluding hydrogens is 562 g/mol. The van der Waals surface area contributed by atoms with E-state index in [0.29, 0.717) is 64.6 Å². The van der Waals surface area contributed by atoms with Gasteiger partial charge in [-0.15, -0.1) is 0 Å². The lowest BCUT2D eigenvalue weighted by Crippen LogP contribution is -2.60. The van der Waals surface area contributed by atoms with Crippen LogP contribution in [0.3, 0.4) is 0 Å². The summed E-state index contributed by atoms with van der Waals surface area (Å²) in [6.45, 7) is 11.9. The minimum absolute atomic E-state index is 0.0125. The fourth-order valence-electron chi connectivity index (χ4n) is 7.05. The number of piperidine rings is 1. The van der Waals surface area contributed by atoms with E-state index in [-0.39, 0.29) is 30.1 Å². The third-order valence-corrected chi connectivity index (χ3v) is 9.71. The highest BCUT2D eigenvalue weighted by Gasteiger charge is 2.51. The van der Waals surface area contributed by atoms with Gasteiger partial charge in [-0.2, -0.15) is 5.10 Å². The molecule has 0 unspecified atom stereocenters. The number of hydrogen-bond donors (Lipinski definition) is 0. The van der Waals surface area contributed by atoms with Crippen LogP contribution in [0.4, 0.5) is 9.59 Å². The number of ether oxygens (including phenoxy) is 3. The normalized spacial score (nSPS) is 21.4. The van der Waals surface area contributed by atoms with Crippen molar-refractivity contribution < 1.29 is 28.6 Å². The molecule has 0 bridgehead atoms. The Morgan fingerprint density at radius 1 is 0.977 bits per heavy atom. The summed E-state index contributed by atoms with van der Waals surface area (Å²) < 4.78 is 19.6. The molecule has 11 nitrogen and oxygen atoms in total. The standard InChI is InChI=1S/C33H43N5O6/c1-22-5-8-24-26(15-22)43-33(10-13-35(14-11-33)29(40)42-18-23-6-7-23)25-16-38(34-28(24)25)17-27(39)37-20-32(21-37)9-12-36(19-32)30(41)44-31(2,3)4/h5,8,15-16,23H,6-7,9-14,17-21H2,1-4H3. The molecule has 5 heterocycles. The lowest BCUT2D eigenvalue weighted by atomic mass is 9.79. The lowest BCUT2D eigenvalue weighted by Gasteiger charge is -2.47. The minimum Gasteiger partial charge on any atom is -0.482 e. The van der Waals surface area contributed by atoms with Crippen LogP contribution in [0.15, 0.2) is 24.4 Å². The van der Waals surface area contributed by atoms with Crippen LogP contribution >= 0.6 is 0 Å². The number of nitrogens with zero attached hydrogens (tertiary/aromatic N) is 5. The van der Waals surface area contributed by atoms with E-state index in [4.69, 9.17) is 19.3 Å². The van der Waals surface area contributed by atoms with Gasteiger partial charge < -0.3 is 28.9 Å². The molecule has 0 atom stereocenters. The molecule has 0 N–H and O–H groups in total. The fourth-order valence-corrected chi connectivity index (χ4v) is 7.05. The van der Waals surface area contributed by atoms with Gasteiger partial charge in [0.2, 0.25) is 5.91 Å². The van der Waals surface area contributed by atoms with Crippen molar-refractivity contribution in [2.75, 3.05) is 45.9 Å². The summed E-state index contributed by atoms with van der Waals surface area (Å²) in [5.41, 5.74) is 2.62. The van der Waals surface area contributed by atoms with E-state index in [0.717, 1.165) is 47.4 Å². The number of amides is 3. The maximum Gasteiger partial charge on any atom is 0.410 e. The van der Waals surface area contributed by atoms with Crippen molar-refractivity contribution in [3.8, 4) is 17.0 Å². The molecule has 3 saturated heterocycles. The molecular formula is C33H43N5O6. The number of likely N-dealkylation sites (tertiary alicyclic amines) is 3. The van der Waals surface area contributed by atoms with Gasteiger partial charge in [-0.3, -0.25) is 9.48 Å². The SMILES string of the molecule is Cc1ccc2c(c1)OC1(CCN(C(=O)OCC3CC3)CC1)c1cn(CC(=O)N3CC4(CCN(C(=O)OC(C)(C)C)C4)C3)nc1-2. The van der Waals surface area contributed by atoms with Gasteiger partial charge in [-0.05, 0) is 70.6 Å². The van der Waals surface area contributed by atoms with Gasteiger partial charge in [0.05, 0.1) is 6.61 Å².